The third kappa shape index (κ3) is 4.13. The SMILES string of the molecule is C=C(/C(=C(/C)c1nccc(=O)n1C)C1CC1)N1CCc2ncc(-c3ccc(C)nc3)cc2C1. The molecule has 0 N–H and O–H groups in total. The molecule has 0 unspecified atom stereocenters. The molecule has 0 radical (unpaired) electrons. The van der Waals surface area contributed by atoms with Crippen molar-refractivity contribution in [2.75, 3.05) is 6.54 Å². The predicted molar refractivity (Wildman–Crippen MR) is 130 cm³/mol. The molecule has 0 bridgehead atoms. The van der Waals surface area contributed by atoms with Gasteiger partial charge in [0.2, 0.25) is 0 Å². The Bertz CT molecular complexity index is 1320. The highest BCUT2D eigenvalue weighted by Gasteiger charge is 2.33. The van der Waals surface area contributed by atoms with Crippen molar-refractivity contribution >= 4 is 5.57 Å². The smallest absolute Gasteiger partial charge is 0.253 e. The zero-order valence-corrected chi connectivity index (χ0v) is 19.5. The molecule has 4 heterocycles. The molecule has 1 saturated carbocycles. The lowest BCUT2D eigenvalue weighted by Crippen LogP contribution is -2.31. The molecule has 6 heteroatoms. The van der Waals surface area contributed by atoms with E-state index in [0.717, 1.165) is 72.0 Å². The van der Waals surface area contributed by atoms with Gasteiger partial charge in [-0.25, -0.2) is 4.98 Å². The van der Waals surface area contributed by atoms with E-state index in [1.54, 1.807) is 17.8 Å². The first kappa shape index (κ1) is 21.3. The van der Waals surface area contributed by atoms with E-state index in [2.05, 4.69) is 40.5 Å². The molecule has 6 nitrogen and oxygen atoms in total. The van der Waals surface area contributed by atoms with Crippen LogP contribution in [0, 0.1) is 12.8 Å². The Morgan fingerprint density at radius 3 is 2.61 bits per heavy atom. The summed E-state index contributed by atoms with van der Waals surface area (Å²) in [5.41, 5.74) is 8.85. The number of fused-ring (bicyclic) bond motifs is 1. The van der Waals surface area contributed by atoms with Crippen molar-refractivity contribution in [3.8, 4) is 11.1 Å². The van der Waals surface area contributed by atoms with Gasteiger partial charge in [-0.1, -0.05) is 12.6 Å². The summed E-state index contributed by atoms with van der Waals surface area (Å²) in [7, 11) is 1.78. The molecule has 168 valence electrons. The summed E-state index contributed by atoms with van der Waals surface area (Å²) < 4.78 is 1.63. The normalized spacial score (nSPS) is 16.3. The van der Waals surface area contributed by atoms with E-state index in [1.165, 1.54) is 17.2 Å². The van der Waals surface area contributed by atoms with Gasteiger partial charge >= 0.3 is 0 Å². The first-order valence-electron chi connectivity index (χ1n) is 11.5. The van der Waals surface area contributed by atoms with Crippen LogP contribution < -0.4 is 5.56 Å². The summed E-state index contributed by atoms with van der Waals surface area (Å²) in [6, 6.07) is 7.87. The summed E-state index contributed by atoms with van der Waals surface area (Å²) in [6.45, 7) is 10.3. The van der Waals surface area contributed by atoms with Gasteiger partial charge < -0.3 is 4.90 Å². The minimum Gasteiger partial charge on any atom is -0.367 e. The van der Waals surface area contributed by atoms with Crippen LogP contribution in [-0.2, 0) is 20.0 Å². The second kappa shape index (κ2) is 8.43. The monoisotopic (exact) mass is 439 g/mol. The van der Waals surface area contributed by atoms with Crippen LogP contribution in [0.4, 0.5) is 0 Å². The molecule has 0 amide bonds. The van der Waals surface area contributed by atoms with E-state index in [0.29, 0.717) is 5.92 Å². The number of allylic oxidation sites excluding steroid dienone is 2. The number of rotatable bonds is 5. The second-order valence-electron chi connectivity index (χ2n) is 9.11. The Balaban J connectivity index is 1.46. The average molecular weight is 440 g/mol. The van der Waals surface area contributed by atoms with Gasteiger partial charge in [-0.2, -0.15) is 0 Å². The van der Waals surface area contributed by atoms with E-state index >= 15 is 0 Å². The largest absolute Gasteiger partial charge is 0.367 e. The van der Waals surface area contributed by atoms with Gasteiger partial charge in [0, 0.05) is 79.4 Å². The molecular weight excluding hydrogens is 410 g/mol. The number of nitrogens with zero attached hydrogens (tertiary/aromatic N) is 5. The third-order valence-corrected chi connectivity index (χ3v) is 6.76. The van der Waals surface area contributed by atoms with E-state index in [-0.39, 0.29) is 5.56 Å². The Labute approximate surface area is 194 Å². The maximum absolute atomic E-state index is 12.2. The summed E-state index contributed by atoms with van der Waals surface area (Å²) in [5.74, 6) is 1.21. The van der Waals surface area contributed by atoms with Crippen LogP contribution in [0.15, 0.2) is 65.5 Å². The van der Waals surface area contributed by atoms with Crippen molar-refractivity contribution in [2.24, 2.45) is 13.0 Å². The van der Waals surface area contributed by atoms with Gasteiger partial charge in [-0.3, -0.25) is 19.3 Å². The van der Waals surface area contributed by atoms with Crippen molar-refractivity contribution in [3.05, 3.63) is 93.8 Å². The molecule has 2 aliphatic rings. The highest BCUT2D eigenvalue weighted by molar-refractivity contribution is 5.68. The standard InChI is InChI=1S/C27H29N5O/c1-17-5-6-21(14-29-17)22-13-23-16-32(12-10-24(23)30-15-22)19(3)26(20-7-8-20)18(2)27-28-11-9-25(33)31(27)4/h5-6,9,11,13-15,20H,3,7-8,10,12,16H2,1-2,4H3/b26-18+. The number of aromatic nitrogens is 4. The predicted octanol–water partition coefficient (Wildman–Crippen LogP) is 4.30. The van der Waals surface area contributed by atoms with Crippen LogP contribution >= 0.6 is 0 Å². The minimum atomic E-state index is -0.0452. The molecule has 1 fully saturated rings. The van der Waals surface area contributed by atoms with E-state index in [4.69, 9.17) is 4.98 Å². The molecule has 1 aliphatic heterocycles. The second-order valence-corrected chi connectivity index (χ2v) is 9.11. The van der Waals surface area contributed by atoms with E-state index < -0.39 is 0 Å². The summed E-state index contributed by atoms with van der Waals surface area (Å²) in [4.78, 5) is 28.3. The molecule has 1 aliphatic carbocycles. The van der Waals surface area contributed by atoms with Crippen LogP contribution in [0.5, 0.6) is 0 Å². The molecule has 0 aromatic carbocycles. The van der Waals surface area contributed by atoms with Crippen LogP contribution in [0.3, 0.4) is 0 Å². The molecule has 0 atom stereocenters. The maximum Gasteiger partial charge on any atom is 0.253 e. The maximum atomic E-state index is 12.2. The molecule has 3 aromatic heterocycles. The Morgan fingerprint density at radius 1 is 1.09 bits per heavy atom. The van der Waals surface area contributed by atoms with E-state index in [9.17, 15) is 4.79 Å². The van der Waals surface area contributed by atoms with Crippen LogP contribution in [-0.4, -0.2) is 31.0 Å². The average Bonchev–Trinajstić information content (AvgIpc) is 3.65. The lowest BCUT2D eigenvalue weighted by molar-refractivity contribution is 0.324. The van der Waals surface area contributed by atoms with Crippen molar-refractivity contribution < 1.29 is 0 Å². The van der Waals surface area contributed by atoms with Gasteiger partial charge in [0.25, 0.3) is 5.56 Å². The fourth-order valence-electron chi connectivity index (χ4n) is 4.70. The van der Waals surface area contributed by atoms with Crippen molar-refractivity contribution in [1.29, 1.82) is 0 Å². The Morgan fingerprint density at radius 2 is 1.88 bits per heavy atom. The summed E-state index contributed by atoms with van der Waals surface area (Å²) in [5, 5.41) is 0. The topological polar surface area (TPSA) is 63.9 Å². The lowest BCUT2D eigenvalue weighted by Gasteiger charge is -2.33. The van der Waals surface area contributed by atoms with E-state index in [1.807, 2.05) is 25.4 Å². The van der Waals surface area contributed by atoms with Crippen molar-refractivity contribution in [2.45, 2.75) is 39.7 Å². The number of aryl methyl sites for hydroxylation is 1. The molecular formula is C27H29N5O. The van der Waals surface area contributed by atoms with Gasteiger partial charge in [0.15, 0.2) is 0 Å². The summed E-state index contributed by atoms with van der Waals surface area (Å²) >= 11 is 0. The highest BCUT2D eigenvalue weighted by Crippen LogP contribution is 2.44. The third-order valence-electron chi connectivity index (χ3n) is 6.76. The van der Waals surface area contributed by atoms with Crippen molar-refractivity contribution in [3.63, 3.8) is 0 Å². The molecule has 5 rings (SSSR count). The van der Waals surface area contributed by atoms with Gasteiger partial charge in [0.1, 0.15) is 5.82 Å². The Kier molecular flexibility index (Phi) is 5.44. The van der Waals surface area contributed by atoms with Gasteiger partial charge in [0.05, 0.1) is 0 Å². The van der Waals surface area contributed by atoms with Gasteiger partial charge in [-0.15, -0.1) is 0 Å². The number of hydrogen-bond donors (Lipinski definition) is 0. The van der Waals surface area contributed by atoms with Crippen LogP contribution in [0.25, 0.3) is 16.7 Å². The highest BCUT2D eigenvalue weighted by atomic mass is 16.1. The Hall–Kier alpha value is -3.54. The number of pyridine rings is 2. The lowest BCUT2D eigenvalue weighted by atomic mass is 9.96. The molecule has 3 aromatic rings. The number of hydrogen-bond acceptors (Lipinski definition) is 5. The van der Waals surface area contributed by atoms with Crippen LogP contribution in [0.1, 0.15) is 42.5 Å². The molecule has 0 saturated heterocycles. The first-order chi connectivity index (χ1) is 15.9. The van der Waals surface area contributed by atoms with Crippen LogP contribution in [0.2, 0.25) is 0 Å². The zero-order chi connectivity index (χ0) is 23.1. The van der Waals surface area contributed by atoms with Gasteiger partial charge in [-0.05, 0) is 61.4 Å². The minimum absolute atomic E-state index is 0.0452. The zero-order valence-electron chi connectivity index (χ0n) is 19.5. The molecule has 33 heavy (non-hydrogen) atoms. The quantitative estimate of drug-likeness (QED) is 0.555. The molecule has 0 spiro atoms. The summed E-state index contributed by atoms with van der Waals surface area (Å²) in [6.07, 6.45) is 8.66. The fraction of sp³-hybridized carbons (Fsp3) is 0.333. The fourth-order valence-corrected chi connectivity index (χ4v) is 4.70. The van der Waals surface area contributed by atoms with Crippen molar-refractivity contribution in [1.82, 2.24) is 24.4 Å². The first-order valence-corrected chi connectivity index (χ1v) is 11.5.